The van der Waals surface area contributed by atoms with Gasteiger partial charge >= 0.3 is 12.1 Å². The van der Waals surface area contributed by atoms with Crippen LogP contribution in [0.25, 0.3) is 0 Å². The van der Waals surface area contributed by atoms with Crippen LogP contribution >= 0.6 is 0 Å². The standard InChI is InChI=1S/C22H30N2O5/c1-28-21(26)19(17-11-6-3-7-12-17)23-20(25)18-13-8-14-24(18)22(27)29-15-16-9-4-2-5-10-16/h2,4-5,9-10,17-19H,3,6-8,11-15H2,1H3,(H,23,25)/t18-,19-/m1/s1. The number of nitrogens with zero attached hydrogens (tertiary/aromatic N) is 1. The van der Waals surface area contributed by atoms with E-state index in [0.29, 0.717) is 13.0 Å². The van der Waals surface area contributed by atoms with Crippen molar-refractivity contribution < 1.29 is 23.9 Å². The molecular weight excluding hydrogens is 372 g/mol. The highest BCUT2D eigenvalue weighted by Crippen LogP contribution is 2.28. The van der Waals surface area contributed by atoms with Gasteiger partial charge in [0, 0.05) is 6.54 Å². The lowest BCUT2D eigenvalue weighted by molar-refractivity contribution is -0.147. The van der Waals surface area contributed by atoms with Crippen LogP contribution in [0.15, 0.2) is 30.3 Å². The van der Waals surface area contributed by atoms with Gasteiger partial charge in [-0.05, 0) is 37.2 Å². The number of rotatable bonds is 6. The molecule has 1 saturated carbocycles. The predicted octanol–water partition coefficient (Wildman–Crippen LogP) is 3.03. The molecule has 1 aliphatic heterocycles. The van der Waals surface area contributed by atoms with Crippen molar-refractivity contribution in [2.75, 3.05) is 13.7 Å². The van der Waals surface area contributed by atoms with Crippen LogP contribution in [0, 0.1) is 5.92 Å². The number of carbonyl (C=O) groups excluding carboxylic acids is 3. The fourth-order valence-electron chi connectivity index (χ4n) is 4.27. The molecule has 1 aromatic rings. The molecule has 0 aromatic heterocycles. The smallest absolute Gasteiger partial charge is 0.410 e. The van der Waals surface area contributed by atoms with E-state index in [4.69, 9.17) is 9.47 Å². The number of esters is 1. The zero-order valence-corrected chi connectivity index (χ0v) is 17.0. The minimum atomic E-state index is -0.657. The molecule has 1 aliphatic carbocycles. The summed E-state index contributed by atoms with van der Waals surface area (Å²) in [6, 6.07) is 8.15. The highest BCUT2D eigenvalue weighted by Gasteiger charge is 2.39. The van der Waals surface area contributed by atoms with E-state index < -0.39 is 24.1 Å². The Morgan fingerprint density at radius 1 is 1.07 bits per heavy atom. The van der Waals surface area contributed by atoms with Gasteiger partial charge in [0.25, 0.3) is 0 Å². The molecule has 2 atom stereocenters. The normalized spacial score (nSPS) is 20.7. The summed E-state index contributed by atoms with van der Waals surface area (Å²) in [5.41, 5.74) is 0.893. The monoisotopic (exact) mass is 402 g/mol. The first-order valence-electron chi connectivity index (χ1n) is 10.5. The van der Waals surface area contributed by atoms with Gasteiger partial charge in [-0.3, -0.25) is 9.69 Å². The molecule has 29 heavy (non-hydrogen) atoms. The summed E-state index contributed by atoms with van der Waals surface area (Å²) in [7, 11) is 1.34. The Morgan fingerprint density at radius 3 is 2.48 bits per heavy atom. The van der Waals surface area contributed by atoms with Gasteiger partial charge in [0.2, 0.25) is 5.91 Å². The number of carbonyl (C=O) groups is 3. The topological polar surface area (TPSA) is 84.9 Å². The van der Waals surface area contributed by atoms with Crippen LogP contribution < -0.4 is 5.32 Å². The second-order valence-electron chi connectivity index (χ2n) is 7.80. The average Bonchev–Trinajstić information content (AvgIpc) is 3.26. The van der Waals surface area contributed by atoms with E-state index in [1.54, 1.807) is 0 Å². The second-order valence-corrected chi connectivity index (χ2v) is 7.80. The van der Waals surface area contributed by atoms with Gasteiger partial charge in [0.05, 0.1) is 7.11 Å². The van der Waals surface area contributed by atoms with Gasteiger partial charge in [-0.1, -0.05) is 49.6 Å². The molecule has 7 nitrogen and oxygen atoms in total. The summed E-state index contributed by atoms with van der Waals surface area (Å²) >= 11 is 0. The third kappa shape index (κ3) is 5.49. The first-order chi connectivity index (χ1) is 14.1. The minimum absolute atomic E-state index is 0.0834. The van der Waals surface area contributed by atoms with E-state index in [1.807, 2.05) is 30.3 Å². The maximum absolute atomic E-state index is 12.9. The van der Waals surface area contributed by atoms with Crippen LogP contribution in [0.5, 0.6) is 0 Å². The molecule has 1 heterocycles. The van der Waals surface area contributed by atoms with E-state index in [2.05, 4.69) is 5.32 Å². The Hall–Kier alpha value is -2.57. The van der Waals surface area contributed by atoms with E-state index in [0.717, 1.165) is 44.1 Å². The van der Waals surface area contributed by atoms with Gasteiger partial charge in [0.15, 0.2) is 0 Å². The number of amides is 2. The predicted molar refractivity (Wildman–Crippen MR) is 107 cm³/mol. The van der Waals surface area contributed by atoms with E-state index in [1.165, 1.54) is 12.0 Å². The first-order valence-corrected chi connectivity index (χ1v) is 10.5. The summed E-state index contributed by atoms with van der Waals surface area (Å²) < 4.78 is 10.3. The summed E-state index contributed by atoms with van der Waals surface area (Å²) in [6.07, 6.45) is 5.84. The van der Waals surface area contributed by atoms with E-state index in [9.17, 15) is 14.4 Å². The van der Waals surface area contributed by atoms with Gasteiger partial charge in [-0.2, -0.15) is 0 Å². The number of ether oxygens (including phenoxy) is 2. The van der Waals surface area contributed by atoms with Crippen LogP contribution in [0.2, 0.25) is 0 Å². The van der Waals surface area contributed by atoms with Crippen LogP contribution in [-0.4, -0.2) is 48.6 Å². The molecule has 2 amide bonds. The second kappa shape index (κ2) is 10.3. The molecule has 0 unspecified atom stereocenters. The summed E-state index contributed by atoms with van der Waals surface area (Å²) in [6.45, 7) is 0.634. The molecule has 0 bridgehead atoms. The van der Waals surface area contributed by atoms with Crippen LogP contribution in [0.4, 0.5) is 4.79 Å². The van der Waals surface area contributed by atoms with Crippen LogP contribution in [0.1, 0.15) is 50.5 Å². The third-order valence-corrected chi connectivity index (χ3v) is 5.87. The maximum atomic E-state index is 12.9. The van der Waals surface area contributed by atoms with Crippen LogP contribution in [-0.2, 0) is 25.7 Å². The molecule has 2 aliphatic rings. The Balaban J connectivity index is 1.60. The molecule has 0 radical (unpaired) electrons. The molecule has 3 rings (SSSR count). The number of nitrogens with one attached hydrogen (secondary N) is 1. The molecule has 1 aromatic carbocycles. The Morgan fingerprint density at radius 2 is 1.79 bits per heavy atom. The highest BCUT2D eigenvalue weighted by molar-refractivity contribution is 5.90. The average molecular weight is 402 g/mol. The van der Waals surface area contributed by atoms with Gasteiger partial charge < -0.3 is 14.8 Å². The molecule has 1 N–H and O–H groups in total. The number of hydrogen-bond acceptors (Lipinski definition) is 5. The van der Waals surface area contributed by atoms with Crippen molar-refractivity contribution in [1.82, 2.24) is 10.2 Å². The lowest BCUT2D eigenvalue weighted by Crippen LogP contribution is -2.53. The van der Waals surface area contributed by atoms with Gasteiger partial charge in [0.1, 0.15) is 18.7 Å². The van der Waals surface area contributed by atoms with E-state index >= 15 is 0 Å². The number of benzene rings is 1. The van der Waals surface area contributed by atoms with Gasteiger partial charge in [-0.25, -0.2) is 9.59 Å². The summed E-state index contributed by atoms with van der Waals surface area (Å²) in [5, 5.41) is 2.88. The van der Waals surface area contributed by atoms with Crippen molar-refractivity contribution >= 4 is 18.0 Å². The SMILES string of the molecule is COC(=O)[C@H](NC(=O)[C@H]1CCCN1C(=O)OCc1ccccc1)C1CCCCC1. The fourth-order valence-corrected chi connectivity index (χ4v) is 4.27. The molecule has 0 spiro atoms. The van der Waals surface area contributed by atoms with Crippen LogP contribution in [0.3, 0.4) is 0 Å². The van der Waals surface area contributed by atoms with Crippen molar-refractivity contribution in [2.24, 2.45) is 5.92 Å². The molecule has 1 saturated heterocycles. The first kappa shape index (κ1) is 21.1. The lowest BCUT2D eigenvalue weighted by atomic mass is 9.83. The van der Waals surface area contributed by atoms with Crippen molar-refractivity contribution in [3.63, 3.8) is 0 Å². The largest absolute Gasteiger partial charge is 0.467 e. The lowest BCUT2D eigenvalue weighted by Gasteiger charge is -2.31. The Labute approximate surface area is 171 Å². The van der Waals surface area contributed by atoms with E-state index in [-0.39, 0.29) is 18.4 Å². The maximum Gasteiger partial charge on any atom is 0.410 e. The minimum Gasteiger partial charge on any atom is -0.467 e. The molecule has 158 valence electrons. The zero-order valence-electron chi connectivity index (χ0n) is 17.0. The van der Waals surface area contributed by atoms with Crippen molar-refractivity contribution in [3.8, 4) is 0 Å². The molecular formula is C22H30N2O5. The molecule has 2 fully saturated rings. The quantitative estimate of drug-likeness (QED) is 0.740. The molecule has 7 heteroatoms. The summed E-state index contributed by atoms with van der Waals surface area (Å²) in [4.78, 5) is 39.2. The van der Waals surface area contributed by atoms with Crippen molar-refractivity contribution in [3.05, 3.63) is 35.9 Å². The number of likely N-dealkylation sites (tertiary alicyclic amines) is 1. The highest BCUT2D eigenvalue weighted by atomic mass is 16.6. The third-order valence-electron chi connectivity index (χ3n) is 5.87. The van der Waals surface area contributed by atoms with Crippen molar-refractivity contribution in [2.45, 2.75) is 63.6 Å². The Kier molecular flexibility index (Phi) is 7.49. The summed E-state index contributed by atoms with van der Waals surface area (Å²) in [5.74, 6) is -0.637. The number of hydrogen-bond donors (Lipinski definition) is 1. The van der Waals surface area contributed by atoms with Gasteiger partial charge in [-0.15, -0.1) is 0 Å². The number of methoxy groups -OCH3 is 1. The zero-order chi connectivity index (χ0) is 20.6. The Bertz CT molecular complexity index is 702. The fraction of sp³-hybridized carbons (Fsp3) is 0.591. The van der Waals surface area contributed by atoms with Crippen molar-refractivity contribution in [1.29, 1.82) is 0 Å².